The maximum absolute atomic E-state index is 11.9. The fourth-order valence-corrected chi connectivity index (χ4v) is 2.59. The van der Waals surface area contributed by atoms with Crippen molar-refractivity contribution < 1.29 is 14.3 Å². The highest BCUT2D eigenvalue weighted by Gasteiger charge is 2.28. The number of hydrogen-bond donors (Lipinski definition) is 1. The lowest BCUT2D eigenvalue weighted by Gasteiger charge is -2.40. The predicted octanol–water partition coefficient (Wildman–Crippen LogP) is 2.05. The minimum absolute atomic E-state index is 0.0286. The number of benzene rings is 1. The summed E-state index contributed by atoms with van der Waals surface area (Å²) >= 11 is 3.36. The van der Waals surface area contributed by atoms with E-state index in [1.165, 1.54) is 0 Å². The summed E-state index contributed by atoms with van der Waals surface area (Å²) in [6.45, 7) is 8.20. The Morgan fingerprint density at radius 2 is 1.95 bits per heavy atom. The van der Waals surface area contributed by atoms with E-state index >= 15 is 0 Å². The Kier molecular flexibility index (Phi) is 6.23. The van der Waals surface area contributed by atoms with Gasteiger partial charge in [-0.15, -0.1) is 0 Å². The van der Waals surface area contributed by atoms with E-state index in [0.29, 0.717) is 12.3 Å². The van der Waals surface area contributed by atoms with Gasteiger partial charge in [-0.1, -0.05) is 15.9 Å². The molecular formula is C16H23BrN2O3. The number of halogens is 1. The third-order valence-corrected chi connectivity index (χ3v) is 4.30. The summed E-state index contributed by atoms with van der Waals surface area (Å²) in [5.74, 6) is 0.579. The van der Waals surface area contributed by atoms with Gasteiger partial charge in [0.25, 0.3) is 5.91 Å². The molecule has 22 heavy (non-hydrogen) atoms. The molecule has 0 atom stereocenters. The quantitative estimate of drug-likeness (QED) is 0.832. The SMILES string of the molecule is CC(C)(CNC(=O)COc1ccc(Br)cc1)N1CCOCC1. The van der Waals surface area contributed by atoms with Gasteiger partial charge in [-0.25, -0.2) is 0 Å². The molecule has 0 spiro atoms. The molecule has 1 aliphatic rings. The summed E-state index contributed by atoms with van der Waals surface area (Å²) in [5, 5.41) is 2.95. The van der Waals surface area contributed by atoms with Gasteiger partial charge >= 0.3 is 0 Å². The van der Waals surface area contributed by atoms with Gasteiger partial charge in [0, 0.05) is 29.6 Å². The van der Waals surface area contributed by atoms with Gasteiger partial charge in [-0.2, -0.15) is 0 Å². The summed E-state index contributed by atoms with van der Waals surface area (Å²) < 4.78 is 11.8. The van der Waals surface area contributed by atoms with Crippen LogP contribution < -0.4 is 10.1 Å². The Morgan fingerprint density at radius 3 is 2.59 bits per heavy atom. The van der Waals surface area contributed by atoms with Crippen LogP contribution in [0.25, 0.3) is 0 Å². The van der Waals surface area contributed by atoms with Gasteiger partial charge in [0.05, 0.1) is 13.2 Å². The average Bonchev–Trinajstić information content (AvgIpc) is 2.53. The normalized spacial score (nSPS) is 16.3. The Morgan fingerprint density at radius 1 is 1.32 bits per heavy atom. The largest absolute Gasteiger partial charge is 0.484 e. The van der Waals surface area contributed by atoms with Gasteiger partial charge in [0.2, 0.25) is 0 Å². The van der Waals surface area contributed by atoms with E-state index in [-0.39, 0.29) is 18.1 Å². The topological polar surface area (TPSA) is 50.8 Å². The van der Waals surface area contributed by atoms with Crippen LogP contribution in [0.15, 0.2) is 28.7 Å². The molecule has 0 saturated carbocycles. The number of morpholine rings is 1. The molecule has 1 heterocycles. The lowest BCUT2D eigenvalue weighted by Crippen LogP contribution is -2.55. The zero-order valence-corrected chi connectivity index (χ0v) is 14.7. The maximum atomic E-state index is 11.9. The molecule has 0 bridgehead atoms. The number of carbonyl (C=O) groups is 1. The van der Waals surface area contributed by atoms with Crippen LogP contribution in [0.5, 0.6) is 5.75 Å². The Balaban J connectivity index is 1.73. The smallest absolute Gasteiger partial charge is 0.258 e. The monoisotopic (exact) mass is 370 g/mol. The zero-order valence-electron chi connectivity index (χ0n) is 13.1. The van der Waals surface area contributed by atoms with Gasteiger partial charge in [-0.05, 0) is 38.1 Å². The molecule has 0 aromatic heterocycles. The first kappa shape index (κ1) is 17.2. The molecule has 1 saturated heterocycles. The van der Waals surface area contributed by atoms with Crippen LogP contribution in [-0.4, -0.2) is 55.8 Å². The molecule has 5 nitrogen and oxygen atoms in total. The van der Waals surface area contributed by atoms with Crippen LogP contribution in [-0.2, 0) is 9.53 Å². The molecule has 6 heteroatoms. The van der Waals surface area contributed by atoms with Crippen molar-refractivity contribution in [3.8, 4) is 5.75 Å². The highest BCUT2D eigenvalue weighted by atomic mass is 79.9. The van der Waals surface area contributed by atoms with Crippen molar-refractivity contribution in [1.29, 1.82) is 0 Å². The second-order valence-corrected chi connectivity index (χ2v) is 6.85. The molecule has 1 aliphatic heterocycles. The van der Waals surface area contributed by atoms with Crippen LogP contribution in [0.4, 0.5) is 0 Å². The van der Waals surface area contributed by atoms with Gasteiger partial charge in [0.15, 0.2) is 6.61 Å². The van der Waals surface area contributed by atoms with Crippen molar-refractivity contribution in [1.82, 2.24) is 10.2 Å². The molecule has 1 N–H and O–H groups in total. The molecule has 2 rings (SSSR count). The van der Waals surface area contributed by atoms with Gasteiger partial charge in [-0.3, -0.25) is 9.69 Å². The molecular weight excluding hydrogens is 348 g/mol. The summed E-state index contributed by atoms with van der Waals surface area (Å²) in [5.41, 5.74) is -0.0863. The van der Waals surface area contributed by atoms with E-state index in [9.17, 15) is 4.79 Å². The highest BCUT2D eigenvalue weighted by Crippen LogP contribution is 2.16. The predicted molar refractivity (Wildman–Crippen MR) is 89.1 cm³/mol. The van der Waals surface area contributed by atoms with E-state index in [1.807, 2.05) is 24.3 Å². The molecule has 1 fully saturated rings. The first-order chi connectivity index (χ1) is 10.5. The maximum Gasteiger partial charge on any atom is 0.258 e. The fourth-order valence-electron chi connectivity index (χ4n) is 2.33. The van der Waals surface area contributed by atoms with E-state index in [4.69, 9.17) is 9.47 Å². The van der Waals surface area contributed by atoms with E-state index < -0.39 is 0 Å². The third kappa shape index (κ3) is 5.26. The lowest BCUT2D eigenvalue weighted by molar-refractivity contribution is -0.123. The third-order valence-electron chi connectivity index (χ3n) is 3.77. The summed E-state index contributed by atoms with van der Waals surface area (Å²) in [6, 6.07) is 7.42. The Hall–Kier alpha value is -1.11. The molecule has 0 unspecified atom stereocenters. The molecule has 1 aromatic rings. The number of nitrogens with one attached hydrogen (secondary N) is 1. The minimum Gasteiger partial charge on any atom is -0.484 e. The van der Waals surface area contributed by atoms with Crippen molar-refractivity contribution in [2.75, 3.05) is 39.5 Å². The minimum atomic E-state index is -0.107. The van der Waals surface area contributed by atoms with Crippen molar-refractivity contribution in [3.05, 3.63) is 28.7 Å². The van der Waals surface area contributed by atoms with Crippen molar-refractivity contribution >= 4 is 21.8 Å². The van der Waals surface area contributed by atoms with E-state index in [1.54, 1.807) is 0 Å². The first-order valence-corrected chi connectivity index (χ1v) is 8.24. The summed E-state index contributed by atoms with van der Waals surface area (Å²) in [6.07, 6.45) is 0. The molecule has 0 radical (unpaired) electrons. The number of nitrogens with zero attached hydrogens (tertiary/aromatic N) is 1. The second kappa shape index (κ2) is 7.94. The van der Waals surface area contributed by atoms with Crippen LogP contribution in [0.1, 0.15) is 13.8 Å². The zero-order chi connectivity index (χ0) is 16.0. The second-order valence-electron chi connectivity index (χ2n) is 5.93. The number of carbonyl (C=O) groups excluding carboxylic acids is 1. The molecule has 122 valence electrons. The Labute approximate surface area is 140 Å². The number of hydrogen-bond acceptors (Lipinski definition) is 4. The number of amides is 1. The standard InChI is InChI=1S/C16H23BrN2O3/c1-16(2,19-7-9-21-10-8-19)12-18-15(20)11-22-14-5-3-13(17)4-6-14/h3-6H,7-12H2,1-2H3,(H,18,20). The average molecular weight is 371 g/mol. The van der Waals surface area contributed by atoms with E-state index in [0.717, 1.165) is 30.8 Å². The number of rotatable bonds is 6. The summed E-state index contributed by atoms with van der Waals surface area (Å²) in [7, 11) is 0. The van der Waals surface area contributed by atoms with Crippen molar-refractivity contribution in [2.24, 2.45) is 0 Å². The van der Waals surface area contributed by atoms with E-state index in [2.05, 4.69) is 40.0 Å². The highest BCUT2D eigenvalue weighted by molar-refractivity contribution is 9.10. The van der Waals surface area contributed by atoms with Gasteiger partial charge < -0.3 is 14.8 Å². The van der Waals surface area contributed by atoms with Gasteiger partial charge in [0.1, 0.15) is 5.75 Å². The van der Waals surface area contributed by atoms with Crippen molar-refractivity contribution in [3.63, 3.8) is 0 Å². The van der Waals surface area contributed by atoms with Crippen LogP contribution in [0.3, 0.4) is 0 Å². The van der Waals surface area contributed by atoms with Crippen LogP contribution in [0.2, 0.25) is 0 Å². The molecule has 1 amide bonds. The Bertz CT molecular complexity index is 485. The molecule has 1 aromatic carbocycles. The van der Waals surface area contributed by atoms with Crippen LogP contribution >= 0.6 is 15.9 Å². The fraction of sp³-hybridized carbons (Fsp3) is 0.562. The number of ether oxygens (including phenoxy) is 2. The first-order valence-electron chi connectivity index (χ1n) is 7.45. The lowest BCUT2D eigenvalue weighted by atomic mass is 10.0. The summed E-state index contributed by atoms with van der Waals surface area (Å²) in [4.78, 5) is 14.3. The van der Waals surface area contributed by atoms with Crippen LogP contribution in [0, 0.1) is 0 Å². The molecule has 0 aliphatic carbocycles. The van der Waals surface area contributed by atoms with Crippen molar-refractivity contribution in [2.45, 2.75) is 19.4 Å².